The van der Waals surface area contributed by atoms with Crippen molar-refractivity contribution in [2.45, 2.75) is 103 Å². The highest BCUT2D eigenvalue weighted by Crippen LogP contribution is 2.42. The monoisotopic (exact) mass is 575 g/mol. The van der Waals surface area contributed by atoms with Gasteiger partial charge in [0, 0.05) is 64.1 Å². The highest BCUT2D eigenvalue weighted by Gasteiger charge is 2.50. The molecule has 0 aromatic heterocycles. The van der Waals surface area contributed by atoms with E-state index in [0.29, 0.717) is 36.5 Å². The van der Waals surface area contributed by atoms with Crippen LogP contribution in [0.3, 0.4) is 0 Å². The Balaban J connectivity index is 1.17. The highest BCUT2D eigenvalue weighted by molar-refractivity contribution is 6.33. The molecule has 1 spiro atoms. The van der Waals surface area contributed by atoms with Crippen molar-refractivity contribution in [3.8, 4) is 0 Å². The molecule has 3 aliphatic heterocycles. The van der Waals surface area contributed by atoms with Crippen molar-refractivity contribution in [3.05, 3.63) is 34.1 Å². The number of nitrogens with zero attached hydrogens (tertiary/aromatic N) is 3. The lowest BCUT2D eigenvalue weighted by molar-refractivity contribution is -0.127. The molecule has 1 atom stereocenters. The number of amides is 2. The second-order valence-corrected chi connectivity index (χ2v) is 13.2. The zero-order valence-corrected chi connectivity index (χ0v) is 25.2. The maximum atomic E-state index is 14.7. The molecule has 1 unspecified atom stereocenters. The molecule has 1 aromatic carbocycles. The molecule has 3 heterocycles. The fourth-order valence-electron chi connectivity index (χ4n) is 7.69. The molecule has 222 valence electrons. The van der Waals surface area contributed by atoms with E-state index in [1.165, 1.54) is 38.5 Å². The first-order chi connectivity index (χ1) is 19.3. The number of carbonyl (C=O) groups excluding carboxylic acids is 2. The van der Waals surface area contributed by atoms with Gasteiger partial charge >= 0.3 is 6.09 Å². The van der Waals surface area contributed by atoms with Crippen LogP contribution in [0.5, 0.6) is 0 Å². The van der Waals surface area contributed by atoms with Crippen molar-refractivity contribution >= 4 is 23.6 Å². The van der Waals surface area contributed by atoms with Crippen LogP contribution in [0.15, 0.2) is 12.1 Å². The van der Waals surface area contributed by atoms with E-state index in [4.69, 9.17) is 16.3 Å². The number of unbranched alkanes of at least 4 members (excludes halogenated alkanes) is 1. The van der Waals surface area contributed by atoms with E-state index < -0.39 is 5.82 Å². The van der Waals surface area contributed by atoms with Gasteiger partial charge in [0.1, 0.15) is 11.4 Å². The summed E-state index contributed by atoms with van der Waals surface area (Å²) in [5.41, 5.74) is 0.0829. The number of benzene rings is 1. The molecular weight excluding hydrogens is 529 g/mol. The van der Waals surface area contributed by atoms with Crippen LogP contribution in [-0.4, -0.2) is 77.6 Å². The van der Waals surface area contributed by atoms with Crippen LogP contribution < -0.4 is 0 Å². The molecule has 8 heteroatoms. The molecule has 3 saturated heterocycles. The van der Waals surface area contributed by atoms with Crippen LogP contribution in [0.2, 0.25) is 5.02 Å². The summed E-state index contributed by atoms with van der Waals surface area (Å²) in [6, 6.07) is 3.59. The third-order valence-corrected chi connectivity index (χ3v) is 10.6. The summed E-state index contributed by atoms with van der Waals surface area (Å²) in [4.78, 5) is 32.7. The molecule has 6 nitrogen and oxygen atoms in total. The summed E-state index contributed by atoms with van der Waals surface area (Å²) in [5, 5.41) is 0.175. The predicted molar refractivity (Wildman–Crippen MR) is 156 cm³/mol. The Morgan fingerprint density at radius 3 is 2.45 bits per heavy atom. The van der Waals surface area contributed by atoms with E-state index >= 15 is 0 Å². The van der Waals surface area contributed by atoms with Crippen molar-refractivity contribution in [2.24, 2.45) is 11.8 Å². The zero-order chi connectivity index (χ0) is 28.3. The minimum Gasteiger partial charge on any atom is -0.442 e. The fourth-order valence-corrected chi connectivity index (χ4v) is 7.91. The van der Waals surface area contributed by atoms with Crippen LogP contribution in [0.1, 0.15) is 99.9 Å². The van der Waals surface area contributed by atoms with Crippen molar-refractivity contribution in [2.75, 3.05) is 39.3 Å². The fraction of sp³-hybridized carbons (Fsp3) is 0.750. The molecule has 0 bridgehead atoms. The lowest BCUT2D eigenvalue weighted by Gasteiger charge is -2.52. The molecular formula is C32H47ClFN3O3. The van der Waals surface area contributed by atoms with E-state index in [0.717, 1.165) is 64.7 Å². The van der Waals surface area contributed by atoms with Gasteiger partial charge in [-0.1, -0.05) is 56.7 Å². The molecule has 1 aliphatic carbocycles. The Hall–Kier alpha value is -1.86. The molecule has 0 radical (unpaired) electrons. The summed E-state index contributed by atoms with van der Waals surface area (Å²) in [7, 11) is 0. The molecule has 5 rings (SSSR count). The number of halogens is 2. The number of likely N-dealkylation sites (tertiary alicyclic amines) is 2. The maximum absolute atomic E-state index is 14.7. The van der Waals surface area contributed by atoms with E-state index in [1.807, 2.05) is 4.90 Å². The normalized spacial score (nSPS) is 24.9. The van der Waals surface area contributed by atoms with E-state index in [-0.39, 0.29) is 28.2 Å². The number of piperidine rings is 2. The molecule has 4 fully saturated rings. The largest absolute Gasteiger partial charge is 0.442 e. The van der Waals surface area contributed by atoms with Crippen molar-refractivity contribution in [3.63, 3.8) is 0 Å². The van der Waals surface area contributed by atoms with Gasteiger partial charge in [0.25, 0.3) is 5.91 Å². The summed E-state index contributed by atoms with van der Waals surface area (Å²) in [6.07, 6.45) is 13.2. The SMILES string of the molecule is CCCCC1CN(CC2CCCCC2)C(=O)OC12CCN(C1CCN(C(=O)c3c(Cl)ccc(C)c3F)CC1)CC2. The molecule has 0 N–H and O–H groups in total. The highest BCUT2D eigenvalue weighted by atomic mass is 35.5. The minimum absolute atomic E-state index is 0.00482. The topological polar surface area (TPSA) is 53.1 Å². The van der Waals surface area contributed by atoms with Crippen molar-refractivity contribution < 1.29 is 18.7 Å². The van der Waals surface area contributed by atoms with Gasteiger partial charge in [-0.15, -0.1) is 0 Å². The molecule has 40 heavy (non-hydrogen) atoms. The number of hydrogen-bond donors (Lipinski definition) is 0. The van der Waals surface area contributed by atoms with Gasteiger partial charge in [0.15, 0.2) is 0 Å². The Morgan fingerprint density at radius 1 is 1.07 bits per heavy atom. The van der Waals surface area contributed by atoms with Crippen molar-refractivity contribution in [1.82, 2.24) is 14.7 Å². The van der Waals surface area contributed by atoms with Crippen LogP contribution >= 0.6 is 11.6 Å². The van der Waals surface area contributed by atoms with Gasteiger partial charge in [0.05, 0.1) is 10.6 Å². The van der Waals surface area contributed by atoms with Crippen LogP contribution in [0.4, 0.5) is 9.18 Å². The second-order valence-electron chi connectivity index (χ2n) is 12.8. The molecule has 4 aliphatic rings. The van der Waals surface area contributed by atoms with E-state index in [1.54, 1.807) is 24.0 Å². The Kier molecular flexibility index (Phi) is 9.61. The first-order valence-electron chi connectivity index (χ1n) is 15.8. The Labute approximate surface area is 244 Å². The van der Waals surface area contributed by atoms with Gasteiger partial charge in [0.2, 0.25) is 0 Å². The van der Waals surface area contributed by atoms with Gasteiger partial charge in [-0.2, -0.15) is 0 Å². The van der Waals surface area contributed by atoms with Crippen molar-refractivity contribution in [1.29, 1.82) is 0 Å². The number of aryl methyl sites for hydroxylation is 1. The first kappa shape index (κ1) is 29.6. The third kappa shape index (κ3) is 6.30. The number of ether oxygens (including phenoxy) is 1. The standard InChI is InChI=1S/C32H47ClFN3O3/c1-3-4-10-25-22-37(21-24-8-6-5-7-9-24)31(39)40-32(25)15-19-35(20-16-32)26-13-17-36(18-14-26)30(38)28-27(33)12-11-23(2)29(28)34/h11-12,24-26H,3-10,13-22H2,1-2H3. The Bertz CT molecular complexity index is 1050. The van der Waals surface area contributed by atoms with Gasteiger partial charge in [-0.3, -0.25) is 9.69 Å². The average molecular weight is 576 g/mol. The lowest BCUT2D eigenvalue weighted by atomic mass is 9.75. The number of hydrogen-bond acceptors (Lipinski definition) is 4. The van der Waals surface area contributed by atoms with Crippen LogP contribution in [0, 0.1) is 24.6 Å². The average Bonchev–Trinajstić information content (AvgIpc) is 2.97. The minimum atomic E-state index is -0.516. The summed E-state index contributed by atoms with van der Waals surface area (Å²) < 4.78 is 21.1. The second kappa shape index (κ2) is 13.0. The van der Waals surface area contributed by atoms with E-state index in [9.17, 15) is 14.0 Å². The van der Waals surface area contributed by atoms with Gasteiger partial charge < -0.3 is 14.5 Å². The smallest absolute Gasteiger partial charge is 0.410 e. The summed E-state index contributed by atoms with van der Waals surface area (Å²) in [5.74, 6) is 0.190. The third-order valence-electron chi connectivity index (χ3n) is 10.3. The summed E-state index contributed by atoms with van der Waals surface area (Å²) in [6.45, 7) is 8.61. The maximum Gasteiger partial charge on any atom is 0.410 e. The Morgan fingerprint density at radius 2 is 1.77 bits per heavy atom. The lowest BCUT2D eigenvalue weighted by Crippen LogP contribution is -2.61. The predicted octanol–water partition coefficient (Wildman–Crippen LogP) is 7.07. The first-order valence-corrected chi connectivity index (χ1v) is 16.1. The summed E-state index contributed by atoms with van der Waals surface area (Å²) >= 11 is 6.21. The number of rotatable bonds is 7. The van der Waals surface area contributed by atoms with Gasteiger partial charge in [-0.05, 0) is 56.6 Å². The van der Waals surface area contributed by atoms with Gasteiger partial charge in [-0.25, -0.2) is 9.18 Å². The van der Waals surface area contributed by atoms with E-state index in [2.05, 4.69) is 11.8 Å². The molecule has 1 saturated carbocycles. The zero-order valence-electron chi connectivity index (χ0n) is 24.4. The quantitative estimate of drug-likeness (QED) is 0.349. The molecule has 2 amide bonds. The van der Waals surface area contributed by atoms with Crippen LogP contribution in [0.25, 0.3) is 0 Å². The number of carbonyl (C=O) groups is 2. The van der Waals surface area contributed by atoms with Crippen LogP contribution in [-0.2, 0) is 4.74 Å². The molecule has 1 aromatic rings.